The van der Waals surface area contributed by atoms with Gasteiger partial charge in [-0.25, -0.2) is 8.42 Å². The van der Waals surface area contributed by atoms with Crippen LogP contribution >= 0.6 is 23.2 Å². The smallest absolute Gasteiger partial charge is 0.207 e. The van der Waals surface area contributed by atoms with Gasteiger partial charge in [-0.1, -0.05) is 29.3 Å². The Morgan fingerprint density at radius 1 is 1.29 bits per heavy atom. The Balaban J connectivity index is 2.52. The zero-order valence-corrected chi connectivity index (χ0v) is 11.7. The van der Waals surface area contributed by atoms with Gasteiger partial charge in [-0.05, 0) is 31.9 Å². The largest absolute Gasteiger partial charge is 0.246 e. The summed E-state index contributed by atoms with van der Waals surface area (Å²) in [5.41, 5.74) is 0. The maximum Gasteiger partial charge on any atom is 0.246 e. The third-order valence-corrected chi connectivity index (χ3v) is 5.95. The second kappa shape index (κ2) is 4.76. The Labute approximate surface area is 111 Å². The molecule has 0 aromatic heterocycles. The monoisotopic (exact) mass is 293 g/mol. The normalized spacial score (nSPS) is 21.9. The molecule has 1 fully saturated rings. The van der Waals surface area contributed by atoms with Crippen molar-refractivity contribution in [2.24, 2.45) is 0 Å². The van der Waals surface area contributed by atoms with Gasteiger partial charge in [-0.15, -0.1) is 0 Å². The molecule has 0 spiro atoms. The highest BCUT2D eigenvalue weighted by molar-refractivity contribution is 7.89. The van der Waals surface area contributed by atoms with E-state index in [0.29, 0.717) is 6.54 Å². The maximum atomic E-state index is 12.4. The van der Waals surface area contributed by atoms with Crippen LogP contribution in [0, 0.1) is 0 Å². The van der Waals surface area contributed by atoms with Crippen LogP contribution in [0.5, 0.6) is 0 Å². The van der Waals surface area contributed by atoms with Crippen LogP contribution in [0.1, 0.15) is 19.8 Å². The van der Waals surface area contributed by atoms with Crippen molar-refractivity contribution in [3.8, 4) is 0 Å². The van der Waals surface area contributed by atoms with Crippen molar-refractivity contribution in [1.82, 2.24) is 4.31 Å². The number of halogens is 2. The van der Waals surface area contributed by atoms with Crippen LogP contribution in [0.2, 0.25) is 10.0 Å². The van der Waals surface area contributed by atoms with Gasteiger partial charge < -0.3 is 0 Å². The lowest BCUT2D eigenvalue weighted by molar-refractivity contribution is 0.408. The predicted molar refractivity (Wildman–Crippen MR) is 69.0 cm³/mol. The Morgan fingerprint density at radius 3 is 2.35 bits per heavy atom. The summed E-state index contributed by atoms with van der Waals surface area (Å²) >= 11 is 11.9. The van der Waals surface area contributed by atoms with Crippen molar-refractivity contribution in [3.05, 3.63) is 28.2 Å². The molecule has 1 heterocycles. The Morgan fingerprint density at radius 2 is 1.88 bits per heavy atom. The minimum Gasteiger partial charge on any atom is -0.207 e. The Bertz CT molecular complexity index is 510. The molecule has 1 aliphatic rings. The van der Waals surface area contributed by atoms with Crippen LogP contribution < -0.4 is 0 Å². The zero-order valence-electron chi connectivity index (χ0n) is 9.36. The van der Waals surface area contributed by atoms with Gasteiger partial charge in [0, 0.05) is 12.6 Å². The van der Waals surface area contributed by atoms with E-state index in [9.17, 15) is 8.42 Å². The molecule has 1 aliphatic heterocycles. The highest BCUT2D eigenvalue weighted by Gasteiger charge is 2.35. The van der Waals surface area contributed by atoms with E-state index in [1.165, 1.54) is 4.31 Å². The number of nitrogens with zero attached hydrogens (tertiary/aromatic N) is 1. The summed E-state index contributed by atoms with van der Waals surface area (Å²) in [7, 11) is -3.58. The number of hydrogen-bond acceptors (Lipinski definition) is 2. The highest BCUT2D eigenvalue weighted by atomic mass is 35.5. The third-order valence-electron chi connectivity index (χ3n) is 2.98. The first-order valence-electron chi connectivity index (χ1n) is 5.40. The molecule has 1 saturated heterocycles. The molecular formula is C11H13Cl2NO2S. The van der Waals surface area contributed by atoms with Gasteiger partial charge in [0.25, 0.3) is 0 Å². The summed E-state index contributed by atoms with van der Waals surface area (Å²) in [4.78, 5) is 0.0251. The lowest BCUT2D eigenvalue weighted by Crippen LogP contribution is -2.34. The average molecular weight is 294 g/mol. The number of benzene rings is 1. The molecule has 3 nitrogen and oxygen atoms in total. The summed E-state index contributed by atoms with van der Waals surface area (Å²) in [6.07, 6.45) is 1.75. The van der Waals surface area contributed by atoms with Crippen LogP contribution in [0.3, 0.4) is 0 Å². The number of hydrogen-bond donors (Lipinski definition) is 0. The lowest BCUT2D eigenvalue weighted by Gasteiger charge is -2.22. The van der Waals surface area contributed by atoms with E-state index >= 15 is 0 Å². The maximum absolute atomic E-state index is 12.4. The van der Waals surface area contributed by atoms with Crippen molar-refractivity contribution in [3.63, 3.8) is 0 Å². The van der Waals surface area contributed by atoms with Gasteiger partial charge in [0.15, 0.2) is 0 Å². The summed E-state index contributed by atoms with van der Waals surface area (Å²) in [5.74, 6) is 0. The quantitative estimate of drug-likeness (QED) is 0.840. The SMILES string of the molecule is CC1CCCN1S(=O)(=O)c1c(Cl)cccc1Cl. The molecule has 1 atom stereocenters. The second-order valence-electron chi connectivity index (χ2n) is 4.16. The van der Waals surface area contributed by atoms with Crippen molar-refractivity contribution in [2.45, 2.75) is 30.7 Å². The molecule has 1 aromatic carbocycles. The number of sulfonamides is 1. The van der Waals surface area contributed by atoms with E-state index < -0.39 is 10.0 Å². The van der Waals surface area contributed by atoms with E-state index in [-0.39, 0.29) is 21.0 Å². The summed E-state index contributed by atoms with van der Waals surface area (Å²) < 4.78 is 26.4. The van der Waals surface area contributed by atoms with Gasteiger partial charge in [0.1, 0.15) is 4.90 Å². The van der Waals surface area contributed by atoms with Gasteiger partial charge >= 0.3 is 0 Å². The second-order valence-corrected chi connectivity index (χ2v) is 6.80. The Kier molecular flexibility index (Phi) is 3.69. The molecule has 0 bridgehead atoms. The fourth-order valence-electron chi connectivity index (χ4n) is 2.11. The molecule has 17 heavy (non-hydrogen) atoms. The molecule has 1 unspecified atom stereocenters. The molecule has 2 rings (SSSR count). The first-order chi connectivity index (χ1) is 7.94. The Hall–Kier alpha value is -0.290. The van der Waals surface area contributed by atoms with Crippen molar-refractivity contribution >= 4 is 33.2 Å². The van der Waals surface area contributed by atoms with E-state index in [4.69, 9.17) is 23.2 Å². The number of rotatable bonds is 2. The molecule has 0 amide bonds. The molecule has 94 valence electrons. The third kappa shape index (κ3) is 2.32. The fraction of sp³-hybridized carbons (Fsp3) is 0.455. The molecule has 0 aliphatic carbocycles. The molecule has 1 aromatic rings. The van der Waals surface area contributed by atoms with Gasteiger partial charge in [0.05, 0.1) is 10.0 Å². The van der Waals surface area contributed by atoms with Crippen LogP contribution in [-0.2, 0) is 10.0 Å². The summed E-state index contributed by atoms with van der Waals surface area (Å²) in [6.45, 7) is 2.43. The minimum atomic E-state index is -3.58. The van der Waals surface area contributed by atoms with Crippen LogP contribution in [0.15, 0.2) is 23.1 Å². The molecule has 6 heteroatoms. The lowest BCUT2D eigenvalue weighted by atomic mass is 10.3. The highest BCUT2D eigenvalue weighted by Crippen LogP contribution is 2.34. The van der Waals surface area contributed by atoms with Crippen LogP contribution in [0.4, 0.5) is 0 Å². The van der Waals surface area contributed by atoms with Crippen molar-refractivity contribution < 1.29 is 8.42 Å². The van der Waals surface area contributed by atoms with E-state index in [1.54, 1.807) is 18.2 Å². The topological polar surface area (TPSA) is 37.4 Å². The van der Waals surface area contributed by atoms with Crippen LogP contribution in [-0.4, -0.2) is 25.3 Å². The van der Waals surface area contributed by atoms with Gasteiger partial charge in [-0.3, -0.25) is 0 Å². The van der Waals surface area contributed by atoms with Gasteiger partial charge in [0.2, 0.25) is 10.0 Å². The minimum absolute atomic E-state index is 0.00680. The molecule has 0 N–H and O–H groups in total. The average Bonchev–Trinajstić information content (AvgIpc) is 2.64. The van der Waals surface area contributed by atoms with Crippen molar-refractivity contribution in [2.75, 3.05) is 6.54 Å². The standard InChI is InChI=1S/C11H13Cl2NO2S/c1-8-4-3-7-14(8)17(15,16)11-9(12)5-2-6-10(11)13/h2,5-6,8H,3-4,7H2,1H3. The molecule has 0 saturated carbocycles. The summed E-state index contributed by atoms with van der Waals surface area (Å²) in [6, 6.07) is 4.73. The van der Waals surface area contributed by atoms with Crippen LogP contribution in [0.25, 0.3) is 0 Å². The first-order valence-corrected chi connectivity index (χ1v) is 7.60. The van der Waals surface area contributed by atoms with Crippen molar-refractivity contribution in [1.29, 1.82) is 0 Å². The molecule has 0 radical (unpaired) electrons. The first kappa shape index (κ1) is 13.1. The molecular weight excluding hydrogens is 281 g/mol. The van der Waals surface area contributed by atoms with E-state index in [0.717, 1.165) is 12.8 Å². The van der Waals surface area contributed by atoms with E-state index in [1.807, 2.05) is 6.92 Å². The summed E-state index contributed by atoms with van der Waals surface area (Å²) in [5, 5.41) is 0.355. The fourth-order valence-corrected chi connectivity index (χ4v) is 4.90. The predicted octanol–water partition coefficient (Wildman–Crippen LogP) is 3.17. The van der Waals surface area contributed by atoms with E-state index in [2.05, 4.69) is 0 Å². The van der Waals surface area contributed by atoms with Gasteiger partial charge in [-0.2, -0.15) is 4.31 Å². The zero-order chi connectivity index (χ0) is 12.6.